The predicted molar refractivity (Wildman–Crippen MR) is 89.1 cm³/mol. The zero-order chi connectivity index (χ0) is 15.9. The van der Waals surface area contributed by atoms with Crippen LogP contribution in [0.25, 0.3) is 0 Å². The third-order valence-electron chi connectivity index (χ3n) is 5.89. The van der Waals surface area contributed by atoms with Crippen molar-refractivity contribution < 1.29 is 9.84 Å². The fourth-order valence-electron chi connectivity index (χ4n) is 4.25. The molecule has 2 saturated carbocycles. The summed E-state index contributed by atoms with van der Waals surface area (Å²) in [5.41, 5.74) is 0. The first-order chi connectivity index (χ1) is 10.7. The van der Waals surface area contributed by atoms with Crippen molar-refractivity contribution in [1.29, 1.82) is 0 Å². The van der Waals surface area contributed by atoms with Crippen molar-refractivity contribution in [3.63, 3.8) is 0 Å². The number of aliphatic hydroxyl groups is 1. The van der Waals surface area contributed by atoms with Crippen molar-refractivity contribution in [2.45, 2.75) is 95.9 Å². The summed E-state index contributed by atoms with van der Waals surface area (Å²) in [6.45, 7) is 4.56. The summed E-state index contributed by atoms with van der Waals surface area (Å²) in [5, 5.41) is 19.4. The second-order valence-electron chi connectivity index (χ2n) is 7.18. The smallest absolute Gasteiger partial charge is 0.0969 e. The Kier molecular flexibility index (Phi) is 7.29. The van der Waals surface area contributed by atoms with Crippen LogP contribution in [0.5, 0.6) is 0 Å². The molecule has 2 aliphatic rings. The summed E-state index contributed by atoms with van der Waals surface area (Å²) >= 11 is 0. The van der Waals surface area contributed by atoms with E-state index in [0.29, 0.717) is 18.1 Å². The molecule has 3 unspecified atom stereocenters. The van der Waals surface area contributed by atoms with Gasteiger partial charge in [0.25, 0.3) is 0 Å². The molecule has 22 heavy (non-hydrogen) atoms. The lowest BCUT2D eigenvalue weighted by atomic mass is 9.75. The van der Waals surface area contributed by atoms with Gasteiger partial charge in [0, 0.05) is 7.11 Å². The number of azo groups is 1. The van der Waals surface area contributed by atoms with Gasteiger partial charge in [0.2, 0.25) is 0 Å². The largest absolute Gasteiger partial charge is 0.391 e. The second-order valence-corrected chi connectivity index (χ2v) is 7.18. The predicted octanol–water partition coefficient (Wildman–Crippen LogP) is 4.36. The standard InChI is InChI=1S/C18H34N2O2/c1-4-13(5-2)14-6-11-18(21)17(12-14)20-19-15-7-9-16(22-3)10-8-15/h13-18,21H,4-12H2,1-3H3. The Morgan fingerprint density at radius 1 is 1.00 bits per heavy atom. The molecule has 0 heterocycles. The van der Waals surface area contributed by atoms with Crippen LogP contribution in [-0.4, -0.2) is 36.5 Å². The molecule has 0 aromatic heterocycles. The maximum atomic E-state index is 10.2. The first-order valence-corrected chi connectivity index (χ1v) is 9.28. The molecule has 0 radical (unpaired) electrons. The van der Waals surface area contributed by atoms with Crippen LogP contribution < -0.4 is 0 Å². The van der Waals surface area contributed by atoms with E-state index in [4.69, 9.17) is 4.74 Å². The number of rotatable bonds is 6. The maximum Gasteiger partial charge on any atom is 0.0969 e. The molecule has 0 saturated heterocycles. The van der Waals surface area contributed by atoms with Crippen molar-refractivity contribution in [1.82, 2.24) is 0 Å². The van der Waals surface area contributed by atoms with Gasteiger partial charge in [-0.25, -0.2) is 0 Å². The fourth-order valence-corrected chi connectivity index (χ4v) is 4.25. The van der Waals surface area contributed by atoms with Gasteiger partial charge >= 0.3 is 0 Å². The van der Waals surface area contributed by atoms with E-state index in [1.165, 1.54) is 12.8 Å². The molecule has 2 fully saturated rings. The van der Waals surface area contributed by atoms with E-state index in [1.807, 2.05) is 0 Å². The van der Waals surface area contributed by atoms with Gasteiger partial charge in [-0.05, 0) is 56.8 Å². The van der Waals surface area contributed by atoms with Crippen LogP contribution in [0.4, 0.5) is 0 Å². The molecule has 128 valence electrons. The number of nitrogens with zero attached hydrogens (tertiary/aromatic N) is 2. The molecule has 0 amide bonds. The van der Waals surface area contributed by atoms with E-state index in [9.17, 15) is 5.11 Å². The lowest BCUT2D eigenvalue weighted by Crippen LogP contribution is -2.35. The fraction of sp³-hybridized carbons (Fsp3) is 1.00. The Bertz CT molecular complexity index is 336. The third-order valence-corrected chi connectivity index (χ3v) is 5.89. The van der Waals surface area contributed by atoms with Crippen LogP contribution in [0.2, 0.25) is 0 Å². The third kappa shape index (κ3) is 4.76. The van der Waals surface area contributed by atoms with Crippen molar-refractivity contribution >= 4 is 0 Å². The highest BCUT2D eigenvalue weighted by molar-refractivity contribution is 4.87. The van der Waals surface area contributed by atoms with E-state index >= 15 is 0 Å². The van der Waals surface area contributed by atoms with Gasteiger partial charge in [0.05, 0.1) is 24.3 Å². The van der Waals surface area contributed by atoms with E-state index in [-0.39, 0.29) is 12.1 Å². The van der Waals surface area contributed by atoms with Crippen LogP contribution in [0.15, 0.2) is 10.2 Å². The van der Waals surface area contributed by atoms with Gasteiger partial charge in [-0.3, -0.25) is 0 Å². The lowest BCUT2D eigenvalue weighted by molar-refractivity contribution is 0.0595. The SMILES string of the molecule is CCC(CC)C1CCC(O)C(N=NC2CCC(OC)CC2)C1. The van der Waals surface area contributed by atoms with Gasteiger partial charge < -0.3 is 9.84 Å². The Balaban J connectivity index is 1.85. The summed E-state index contributed by atoms with van der Waals surface area (Å²) < 4.78 is 5.40. The number of methoxy groups -OCH3 is 1. The summed E-state index contributed by atoms with van der Waals surface area (Å²) in [4.78, 5) is 0. The Morgan fingerprint density at radius 3 is 2.27 bits per heavy atom. The molecule has 1 N–H and O–H groups in total. The minimum atomic E-state index is -0.287. The van der Waals surface area contributed by atoms with Crippen LogP contribution in [-0.2, 0) is 4.74 Å². The van der Waals surface area contributed by atoms with Crippen molar-refractivity contribution in [2.24, 2.45) is 22.1 Å². The highest BCUT2D eigenvalue weighted by atomic mass is 16.5. The number of hydrogen-bond acceptors (Lipinski definition) is 4. The molecule has 0 aliphatic heterocycles. The first kappa shape index (κ1) is 17.9. The van der Waals surface area contributed by atoms with Gasteiger partial charge in [-0.1, -0.05) is 26.7 Å². The quantitative estimate of drug-likeness (QED) is 0.741. The minimum Gasteiger partial charge on any atom is -0.391 e. The van der Waals surface area contributed by atoms with Crippen LogP contribution >= 0.6 is 0 Å². The molecule has 2 aliphatic carbocycles. The van der Waals surface area contributed by atoms with Crippen molar-refractivity contribution in [2.75, 3.05) is 7.11 Å². The Morgan fingerprint density at radius 2 is 1.68 bits per heavy atom. The molecule has 4 heteroatoms. The first-order valence-electron chi connectivity index (χ1n) is 9.28. The lowest BCUT2D eigenvalue weighted by Gasteiger charge is -2.35. The highest BCUT2D eigenvalue weighted by Gasteiger charge is 2.32. The summed E-state index contributed by atoms with van der Waals surface area (Å²) in [5.74, 6) is 1.49. The average molecular weight is 310 g/mol. The minimum absolute atomic E-state index is 0.0273. The Hall–Kier alpha value is -0.480. The number of hydrogen-bond donors (Lipinski definition) is 1. The van der Waals surface area contributed by atoms with Gasteiger partial charge in [-0.2, -0.15) is 10.2 Å². The molecule has 4 nitrogen and oxygen atoms in total. The van der Waals surface area contributed by atoms with E-state index in [1.54, 1.807) is 7.11 Å². The molecule has 0 bridgehead atoms. The van der Waals surface area contributed by atoms with Gasteiger partial charge in [0.15, 0.2) is 0 Å². The topological polar surface area (TPSA) is 54.2 Å². The van der Waals surface area contributed by atoms with E-state index in [0.717, 1.165) is 50.9 Å². The molecule has 3 atom stereocenters. The Labute approximate surface area is 135 Å². The van der Waals surface area contributed by atoms with E-state index < -0.39 is 0 Å². The summed E-state index contributed by atoms with van der Waals surface area (Å²) in [6, 6.07) is 0.367. The maximum absolute atomic E-state index is 10.2. The van der Waals surface area contributed by atoms with Crippen LogP contribution in [0, 0.1) is 11.8 Å². The number of ether oxygens (including phenoxy) is 1. The monoisotopic (exact) mass is 310 g/mol. The van der Waals surface area contributed by atoms with Crippen LogP contribution in [0.1, 0.15) is 71.6 Å². The molecule has 0 spiro atoms. The van der Waals surface area contributed by atoms with Gasteiger partial charge in [-0.15, -0.1) is 0 Å². The van der Waals surface area contributed by atoms with Crippen molar-refractivity contribution in [3.05, 3.63) is 0 Å². The highest BCUT2D eigenvalue weighted by Crippen LogP contribution is 2.35. The van der Waals surface area contributed by atoms with Crippen molar-refractivity contribution in [3.8, 4) is 0 Å². The zero-order valence-electron chi connectivity index (χ0n) is 14.6. The van der Waals surface area contributed by atoms with Gasteiger partial charge in [0.1, 0.15) is 0 Å². The van der Waals surface area contributed by atoms with E-state index in [2.05, 4.69) is 24.1 Å². The average Bonchev–Trinajstić information content (AvgIpc) is 2.56. The molecular weight excluding hydrogens is 276 g/mol. The second kappa shape index (κ2) is 8.97. The number of aliphatic hydroxyl groups excluding tert-OH is 1. The molecule has 0 aromatic carbocycles. The summed E-state index contributed by atoms with van der Waals surface area (Å²) in [6.07, 6.45) is 9.97. The van der Waals surface area contributed by atoms with Crippen LogP contribution in [0.3, 0.4) is 0 Å². The molecular formula is C18H34N2O2. The summed E-state index contributed by atoms with van der Waals surface area (Å²) in [7, 11) is 1.79. The molecule has 2 rings (SSSR count). The normalized spacial score (nSPS) is 37.0. The molecule has 0 aromatic rings. The zero-order valence-corrected chi connectivity index (χ0v) is 14.6.